The second-order valence-corrected chi connectivity index (χ2v) is 8.01. The van der Waals surface area contributed by atoms with Crippen molar-refractivity contribution in [1.82, 2.24) is 14.9 Å². The van der Waals surface area contributed by atoms with Gasteiger partial charge in [0.15, 0.2) is 5.13 Å². The highest BCUT2D eigenvalue weighted by Crippen LogP contribution is 2.32. The molecule has 0 saturated heterocycles. The van der Waals surface area contributed by atoms with Crippen LogP contribution in [0.3, 0.4) is 0 Å². The summed E-state index contributed by atoms with van der Waals surface area (Å²) < 4.78 is 13.3. The fourth-order valence-electron chi connectivity index (χ4n) is 3.75. The first-order chi connectivity index (χ1) is 15.1. The molecule has 154 valence electrons. The van der Waals surface area contributed by atoms with Crippen molar-refractivity contribution in [2.45, 2.75) is 6.42 Å². The van der Waals surface area contributed by atoms with E-state index in [-0.39, 0.29) is 11.8 Å². The number of para-hydroxylation sites is 1. The van der Waals surface area contributed by atoms with Crippen LogP contribution >= 0.6 is 11.3 Å². The highest BCUT2D eigenvalue weighted by molar-refractivity contribution is 7.13. The zero-order chi connectivity index (χ0) is 21.4. The molecular weight excluding hydrogens is 415 g/mol. The Bertz CT molecular complexity index is 1310. The van der Waals surface area contributed by atoms with E-state index >= 15 is 0 Å². The molecule has 2 aromatic heterocycles. The Balaban J connectivity index is 1.58. The number of carbonyl (C=O) groups is 2. The van der Waals surface area contributed by atoms with Crippen LogP contribution in [0.1, 0.15) is 21.6 Å². The summed E-state index contributed by atoms with van der Waals surface area (Å²) in [5, 5.41) is 6.07. The Morgan fingerprint density at radius 3 is 2.71 bits per heavy atom. The van der Waals surface area contributed by atoms with Crippen molar-refractivity contribution in [3.63, 3.8) is 0 Å². The summed E-state index contributed by atoms with van der Waals surface area (Å²) >= 11 is 1.32. The van der Waals surface area contributed by atoms with E-state index in [0.29, 0.717) is 34.9 Å². The molecule has 1 aliphatic heterocycles. The zero-order valence-electron chi connectivity index (χ0n) is 16.3. The van der Waals surface area contributed by atoms with E-state index < -0.39 is 5.82 Å². The van der Waals surface area contributed by atoms with Crippen LogP contribution in [-0.2, 0) is 11.2 Å². The van der Waals surface area contributed by atoms with Crippen molar-refractivity contribution in [1.29, 1.82) is 0 Å². The first-order valence-corrected chi connectivity index (χ1v) is 10.6. The van der Waals surface area contributed by atoms with Gasteiger partial charge in [-0.15, -0.1) is 11.3 Å². The molecule has 2 N–H and O–H groups in total. The van der Waals surface area contributed by atoms with Gasteiger partial charge in [0, 0.05) is 40.8 Å². The molecule has 0 bridgehead atoms. The molecular formula is C23H17FN4O2S. The fourth-order valence-corrected chi connectivity index (χ4v) is 4.27. The lowest BCUT2D eigenvalue weighted by Gasteiger charge is -2.18. The van der Waals surface area contributed by atoms with Gasteiger partial charge in [0.2, 0.25) is 0 Å². The first-order valence-electron chi connectivity index (χ1n) is 9.69. The van der Waals surface area contributed by atoms with Crippen molar-refractivity contribution in [3.8, 4) is 0 Å². The van der Waals surface area contributed by atoms with Gasteiger partial charge in [-0.1, -0.05) is 18.2 Å². The molecule has 4 aromatic rings. The molecule has 0 radical (unpaired) electrons. The van der Waals surface area contributed by atoms with Gasteiger partial charge >= 0.3 is 0 Å². The van der Waals surface area contributed by atoms with Crippen molar-refractivity contribution >= 4 is 44.8 Å². The van der Waals surface area contributed by atoms with Crippen molar-refractivity contribution in [2.75, 3.05) is 11.9 Å². The Kier molecular flexibility index (Phi) is 4.83. The molecule has 0 fully saturated rings. The summed E-state index contributed by atoms with van der Waals surface area (Å²) in [5.41, 5.74) is 3.29. The number of rotatable bonds is 3. The van der Waals surface area contributed by atoms with Gasteiger partial charge in [-0.2, -0.15) is 0 Å². The summed E-state index contributed by atoms with van der Waals surface area (Å²) in [6.07, 6.45) is 3.74. The number of aromatic amines is 1. The van der Waals surface area contributed by atoms with Gasteiger partial charge in [-0.05, 0) is 42.3 Å². The third-order valence-corrected chi connectivity index (χ3v) is 5.91. The Hall–Kier alpha value is -3.78. The first kappa shape index (κ1) is 19.2. The summed E-state index contributed by atoms with van der Waals surface area (Å²) in [6.45, 7) is 0.388. The summed E-state index contributed by atoms with van der Waals surface area (Å²) in [4.78, 5) is 35.2. The average Bonchev–Trinajstić information content (AvgIpc) is 3.37. The second-order valence-electron chi connectivity index (χ2n) is 7.11. The van der Waals surface area contributed by atoms with E-state index in [1.54, 1.807) is 17.8 Å². The van der Waals surface area contributed by atoms with E-state index in [2.05, 4.69) is 15.3 Å². The molecule has 8 heteroatoms. The highest BCUT2D eigenvalue weighted by atomic mass is 32.1. The number of aromatic nitrogens is 2. The molecule has 31 heavy (non-hydrogen) atoms. The third-order valence-electron chi connectivity index (χ3n) is 5.22. The van der Waals surface area contributed by atoms with Crippen LogP contribution in [0.25, 0.3) is 16.5 Å². The van der Waals surface area contributed by atoms with E-state index in [0.717, 1.165) is 16.5 Å². The van der Waals surface area contributed by atoms with E-state index in [1.807, 2.05) is 24.3 Å². The lowest BCUT2D eigenvalue weighted by Crippen LogP contribution is -2.28. The maximum Gasteiger partial charge on any atom is 0.261 e. The molecule has 0 unspecified atom stereocenters. The average molecular weight is 432 g/mol. The molecule has 2 aromatic carbocycles. The second kappa shape index (κ2) is 7.81. The molecule has 0 spiro atoms. The molecule has 0 aliphatic carbocycles. The number of carbonyl (C=O) groups excluding carboxylic acids is 2. The Morgan fingerprint density at radius 1 is 1.13 bits per heavy atom. The van der Waals surface area contributed by atoms with Crippen LogP contribution in [0.4, 0.5) is 9.52 Å². The number of nitrogens with zero attached hydrogens (tertiary/aromatic N) is 2. The molecule has 6 nitrogen and oxygen atoms in total. The van der Waals surface area contributed by atoms with Gasteiger partial charge in [-0.25, -0.2) is 9.37 Å². The maximum absolute atomic E-state index is 13.3. The van der Waals surface area contributed by atoms with Gasteiger partial charge in [0.25, 0.3) is 11.8 Å². The number of amides is 2. The van der Waals surface area contributed by atoms with Crippen molar-refractivity contribution in [3.05, 3.63) is 88.9 Å². The standard InChI is InChI=1S/C23H17FN4O2S/c24-15-7-5-14(6-8-15)22(30)28-11-9-17-16-3-1-2-4-19(16)26-20(17)18(13-28)21(29)27-23-25-10-12-31-23/h1-8,10,12-13,26H,9,11H2,(H,25,27,29). The summed E-state index contributed by atoms with van der Waals surface area (Å²) in [7, 11) is 0. The predicted molar refractivity (Wildman–Crippen MR) is 118 cm³/mol. The number of anilines is 1. The van der Waals surface area contributed by atoms with Crippen LogP contribution in [0.15, 0.2) is 66.3 Å². The summed E-state index contributed by atoms with van der Waals surface area (Å²) in [5.74, 6) is -1.07. The van der Waals surface area contributed by atoms with E-state index in [1.165, 1.54) is 40.5 Å². The number of benzene rings is 2. The van der Waals surface area contributed by atoms with E-state index in [4.69, 9.17) is 0 Å². The minimum atomic E-state index is -0.409. The van der Waals surface area contributed by atoms with Gasteiger partial charge < -0.3 is 9.88 Å². The number of nitrogens with one attached hydrogen (secondary N) is 2. The predicted octanol–water partition coefficient (Wildman–Crippen LogP) is 4.44. The molecule has 2 amide bonds. The van der Waals surface area contributed by atoms with Crippen LogP contribution in [0, 0.1) is 5.82 Å². The number of fused-ring (bicyclic) bond motifs is 3. The lowest BCUT2D eigenvalue weighted by atomic mass is 10.0. The number of hydrogen-bond donors (Lipinski definition) is 2. The number of H-pyrrole nitrogens is 1. The summed E-state index contributed by atoms with van der Waals surface area (Å²) in [6, 6.07) is 13.2. The molecule has 1 aliphatic rings. The topological polar surface area (TPSA) is 78.1 Å². The van der Waals surface area contributed by atoms with Gasteiger partial charge in [0.1, 0.15) is 5.82 Å². The van der Waals surface area contributed by atoms with Crippen LogP contribution in [0.5, 0.6) is 0 Å². The fraction of sp³-hybridized carbons (Fsp3) is 0.0870. The van der Waals surface area contributed by atoms with Crippen LogP contribution in [0.2, 0.25) is 0 Å². The third kappa shape index (κ3) is 3.62. The normalized spacial score (nSPS) is 13.5. The molecule has 0 atom stereocenters. The minimum absolute atomic E-state index is 0.297. The quantitative estimate of drug-likeness (QED) is 0.502. The zero-order valence-corrected chi connectivity index (χ0v) is 17.1. The molecule has 3 heterocycles. The largest absolute Gasteiger partial charge is 0.354 e. The van der Waals surface area contributed by atoms with Crippen LogP contribution < -0.4 is 5.32 Å². The molecule has 0 saturated carbocycles. The maximum atomic E-state index is 13.3. The monoisotopic (exact) mass is 432 g/mol. The number of halogens is 1. The highest BCUT2D eigenvalue weighted by Gasteiger charge is 2.27. The Morgan fingerprint density at radius 2 is 1.94 bits per heavy atom. The Labute approximate surface area is 181 Å². The smallest absolute Gasteiger partial charge is 0.261 e. The van der Waals surface area contributed by atoms with Gasteiger partial charge in [0.05, 0.1) is 11.3 Å². The number of hydrogen-bond acceptors (Lipinski definition) is 4. The minimum Gasteiger partial charge on any atom is -0.354 e. The van der Waals surface area contributed by atoms with E-state index in [9.17, 15) is 14.0 Å². The van der Waals surface area contributed by atoms with Crippen molar-refractivity contribution in [2.24, 2.45) is 0 Å². The number of thiazole rings is 1. The SMILES string of the molecule is O=C(Nc1nccs1)C1=CN(C(=O)c2ccc(F)cc2)CCc2c1[nH]c1ccccc21. The van der Waals surface area contributed by atoms with Crippen molar-refractivity contribution < 1.29 is 14.0 Å². The molecule has 5 rings (SSSR count). The van der Waals surface area contributed by atoms with Gasteiger partial charge in [-0.3, -0.25) is 14.9 Å². The van der Waals surface area contributed by atoms with Crippen LogP contribution in [-0.4, -0.2) is 33.2 Å². The lowest BCUT2D eigenvalue weighted by molar-refractivity contribution is -0.111.